The van der Waals surface area contributed by atoms with Crippen molar-refractivity contribution in [2.45, 2.75) is 46.6 Å². The van der Waals surface area contributed by atoms with Crippen molar-refractivity contribution in [1.29, 1.82) is 0 Å². The van der Waals surface area contributed by atoms with Crippen molar-refractivity contribution in [3.05, 3.63) is 35.4 Å². The molecule has 1 heterocycles. The zero-order chi connectivity index (χ0) is 16.2. The van der Waals surface area contributed by atoms with E-state index in [0.29, 0.717) is 6.54 Å². The molecule has 0 aromatic heterocycles. The summed E-state index contributed by atoms with van der Waals surface area (Å²) in [7, 11) is 0. The number of carbonyl (C=O) groups is 2. The summed E-state index contributed by atoms with van der Waals surface area (Å²) >= 11 is 0. The van der Waals surface area contributed by atoms with Crippen molar-refractivity contribution in [1.82, 2.24) is 10.2 Å². The largest absolute Gasteiger partial charge is 0.351 e. The van der Waals surface area contributed by atoms with Crippen LogP contribution in [0.1, 0.15) is 44.2 Å². The summed E-state index contributed by atoms with van der Waals surface area (Å²) in [4.78, 5) is 26.9. The lowest BCUT2D eigenvalue weighted by Crippen LogP contribution is -2.50. The summed E-state index contributed by atoms with van der Waals surface area (Å²) in [6.45, 7) is 7.46. The smallest absolute Gasteiger partial charge is 0.237 e. The molecule has 0 spiro atoms. The molecule has 0 radical (unpaired) electrons. The Bertz CT molecular complexity index is 546. The van der Waals surface area contributed by atoms with Crippen LogP contribution in [-0.4, -0.2) is 29.8 Å². The molecule has 0 unspecified atom stereocenters. The molecule has 1 aliphatic heterocycles. The topological polar surface area (TPSA) is 49.4 Å². The minimum absolute atomic E-state index is 0.0612. The van der Waals surface area contributed by atoms with Crippen molar-refractivity contribution in [3.8, 4) is 0 Å². The summed E-state index contributed by atoms with van der Waals surface area (Å²) in [5, 5.41) is 2.90. The van der Waals surface area contributed by atoms with Crippen molar-refractivity contribution < 1.29 is 9.59 Å². The van der Waals surface area contributed by atoms with E-state index >= 15 is 0 Å². The molecule has 4 heteroatoms. The van der Waals surface area contributed by atoms with Crippen LogP contribution in [0.25, 0.3) is 0 Å². The Morgan fingerprint density at radius 2 is 1.86 bits per heavy atom. The first-order chi connectivity index (χ1) is 10.4. The first-order valence-electron chi connectivity index (χ1n) is 8.04. The summed E-state index contributed by atoms with van der Waals surface area (Å²) in [6.07, 6.45) is 3.24. The summed E-state index contributed by atoms with van der Waals surface area (Å²) in [6, 6.07) is 8.02. The van der Waals surface area contributed by atoms with E-state index in [0.717, 1.165) is 37.1 Å². The predicted octanol–water partition coefficient (Wildman–Crippen LogP) is 2.65. The van der Waals surface area contributed by atoms with Crippen molar-refractivity contribution >= 4 is 11.8 Å². The average molecular weight is 302 g/mol. The van der Waals surface area contributed by atoms with Gasteiger partial charge in [-0.25, -0.2) is 0 Å². The molecule has 0 saturated carbocycles. The first kappa shape index (κ1) is 16.5. The molecule has 1 aromatic carbocycles. The maximum atomic E-state index is 12.6. The number of nitrogens with zero attached hydrogens (tertiary/aromatic N) is 1. The molecule has 1 aromatic rings. The molecule has 1 aliphatic rings. The first-order valence-corrected chi connectivity index (χ1v) is 8.04. The highest BCUT2D eigenvalue weighted by Crippen LogP contribution is 2.22. The second-order valence-electron chi connectivity index (χ2n) is 6.65. The normalized spacial score (nSPS) is 15.5. The lowest BCUT2D eigenvalue weighted by molar-refractivity contribution is -0.149. The van der Waals surface area contributed by atoms with Crippen LogP contribution in [0, 0.1) is 12.3 Å². The van der Waals surface area contributed by atoms with Crippen LogP contribution in [0.4, 0.5) is 0 Å². The van der Waals surface area contributed by atoms with Gasteiger partial charge in [-0.1, -0.05) is 29.8 Å². The Morgan fingerprint density at radius 3 is 2.50 bits per heavy atom. The van der Waals surface area contributed by atoms with Gasteiger partial charge in [0.1, 0.15) is 5.41 Å². The van der Waals surface area contributed by atoms with E-state index in [1.54, 1.807) is 13.8 Å². The van der Waals surface area contributed by atoms with Gasteiger partial charge in [0.15, 0.2) is 0 Å². The maximum absolute atomic E-state index is 12.6. The number of aryl methyl sites for hydroxylation is 1. The van der Waals surface area contributed by atoms with Crippen LogP contribution in [0.5, 0.6) is 0 Å². The van der Waals surface area contributed by atoms with Gasteiger partial charge in [0.05, 0.1) is 0 Å². The molecule has 1 fully saturated rings. The number of nitrogens with one attached hydrogen (secondary N) is 1. The summed E-state index contributed by atoms with van der Waals surface area (Å²) < 4.78 is 0. The Hall–Kier alpha value is -1.84. The van der Waals surface area contributed by atoms with Gasteiger partial charge in [0, 0.05) is 19.6 Å². The molecule has 2 rings (SSSR count). The Balaban J connectivity index is 1.95. The minimum atomic E-state index is -1.01. The Morgan fingerprint density at radius 1 is 1.18 bits per heavy atom. The fourth-order valence-electron chi connectivity index (χ4n) is 2.81. The zero-order valence-corrected chi connectivity index (χ0v) is 13.8. The van der Waals surface area contributed by atoms with E-state index < -0.39 is 5.41 Å². The number of likely N-dealkylation sites (tertiary alicyclic amines) is 1. The van der Waals surface area contributed by atoms with Crippen LogP contribution in [0.3, 0.4) is 0 Å². The monoisotopic (exact) mass is 302 g/mol. The van der Waals surface area contributed by atoms with Crippen molar-refractivity contribution in [3.63, 3.8) is 0 Å². The molecule has 22 heavy (non-hydrogen) atoms. The van der Waals surface area contributed by atoms with Gasteiger partial charge in [-0.3, -0.25) is 9.59 Å². The number of rotatable bonds is 4. The van der Waals surface area contributed by atoms with Gasteiger partial charge in [0.2, 0.25) is 11.8 Å². The molecule has 0 bridgehead atoms. The highest BCUT2D eigenvalue weighted by atomic mass is 16.2. The molecule has 120 valence electrons. The fraction of sp³-hybridized carbons (Fsp3) is 0.556. The lowest BCUT2D eigenvalue weighted by Gasteiger charge is -2.33. The minimum Gasteiger partial charge on any atom is -0.351 e. The SMILES string of the molecule is Cc1cccc(CNC(=O)C(C)(C)C(=O)N2CCCCC2)c1. The van der Waals surface area contributed by atoms with Gasteiger partial charge in [0.25, 0.3) is 0 Å². The highest BCUT2D eigenvalue weighted by molar-refractivity contribution is 6.04. The van der Waals surface area contributed by atoms with Gasteiger partial charge in [-0.15, -0.1) is 0 Å². The second kappa shape index (κ2) is 6.95. The molecular weight excluding hydrogens is 276 g/mol. The summed E-state index contributed by atoms with van der Waals surface area (Å²) in [5.74, 6) is -0.265. The Labute approximate surface area is 132 Å². The van der Waals surface area contributed by atoms with E-state index in [-0.39, 0.29) is 11.8 Å². The van der Waals surface area contributed by atoms with Gasteiger partial charge in [-0.2, -0.15) is 0 Å². The molecule has 2 amide bonds. The van der Waals surface area contributed by atoms with Gasteiger partial charge >= 0.3 is 0 Å². The van der Waals surface area contributed by atoms with E-state index in [2.05, 4.69) is 5.32 Å². The van der Waals surface area contributed by atoms with Crippen LogP contribution in [0.15, 0.2) is 24.3 Å². The van der Waals surface area contributed by atoms with Gasteiger partial charge < -0.3 is 10.2 Å². The third-order valence-corrected chi connectivity index (χ3v) is 4.28. The number of hydrogen-bond acceptors (Lipinski definition) is 2. The number of benzene rings is 1. The van der Waals surface area contributed by atoms with Crippen LogP contribution in [-0.2, 0) is 16.1 Å². The second-order valence-corrected chi connectivity index (χ2v) is 6.65. The third kappa shape index (κ3) is 3.87. The molecule has 1 N–H and O–H groups in total. The third-order valence-electron chi connectivity index (χ3n) is 4.28. The quantitative estimate of drug-likeness (QED) is 0.869. The predicted molar refractivity (Wildman–Crippen MR) is 87.2 cm³/mol. The summed E-state index contributed by atoms with van der Waals surface area (Å²) in [5.41, 5.74) is 1.20. The van der Waals surface area contributed by atoms with E-state index in [1.807, 2.05) is 36.1 Å². The number of piperidine rings is 1. The van der Waals surface area contributed by atoms with Gasteiger partial charge in [-0.05, 0) is 45.6 Å². The maximum Gasteiger partial charge on any atom is 0.237 e. The standard InChI is InChI=1S/C18H26N2O2/c1-14-8-7-9-15(12-14)13-19-16(21)18(2,3)17(22)20-10-5-4-6-11-20/h7-9,12H,4-6,10-11,13H2,1-3H3,(H,19,21). The molecule has 1 saturated heterocycles. The molecule has 4 nitrogen and oxygen atoms in total. The van der Waals surface area contributed by atoms with Crippen molar-refractivity contribution in [2.24, 2.45) is 5.41 Å². The zero-order valence-electron chi connectivity index (χ0n) is 13.8. The molecular formula is C18H26N2O2. The number of hydrogen-bond donors (Lipinski definition) is 1. The number of carbonyl (C=O) groups excluding carboxylic acids is 2. The molecule has 0 atom stereocenters. The van der Waals surface area contributed by atoms with E-state index in [4.69, 9.17) is 0 Å². The Kier molecular flexibility index (Phi) is 5.22. The van der Waals surface area contributed by atoms with Crippen LogP contribution < -0.4 is 5.32 Å². The van der Waals surface area contributed by atoms with E-state index in [1.165, 1.54) is 6.42 Å². The number of amides is 2. The van der Waals surface area contributed by atoms with Crippen LogP contribution >= 0.6 is 0 Å². The van der Waals surface area contributed by atoms with E-state index in [9.17, 15) is 9.59 Å². The van der Waals surface area contributed by atoms with Crippen LogP contribution in [0.2, 0.25) is 0 Å². The highest BCUT2D eigenvalue weighted by Gasteiger charge is 2.39. The molecule has 0 aliphatic carbocycles. The lowest BCUT2D eigenvalue weighted by atomic mass is 9.89. The average Bonchev–Trinajstić information content (AvgIpc) is 2.52. The fourth-order valence-corrected chi connectivity index (χ4v) is 2.81. The van der Waals surface area contributed by atoms with Crippen molar-refractivity contribution in [2.75, 3.05) is 13.1 Å².